The minimum Gasteiger partial charge on any atom is -0.480 e. The maximum absolute atomic E-state index is 10.7. The van der Waals surface area contributed by atoms with Gasteiger partial charge in [0.2, 0.25) is 0 Å². The van der Waals surface area contributed by atoms with E-state index in [0.29, 0.717) is 0 Å². The van der Waals surface area contributed by atoms with Gasteiger partial charge in [-0.1, -0.05) is 18.2 Å². The third-order valence-electron chi connectivity index (χ3n) is 2.45. The van der Waals surface area contributed by atoms with Crippen LogP contribution in [0, 0.1) is 0 Å². The monoisotopic (exact) mass is 294 g/mol. The molecule has 1 aromatic carbocycles. The molecule has 1 aromatic heterocycles. The first-order valence-corrected chi connectivity index (χ1v) is 7.61. The first kappa shape index (κ1) is 14.0. The van der Waals surface area contributed by atoms with Crippen LogP contribution in [0.4, 0.5) is 0 Å². The quantitative estimate of drug-likeness (QED) is 0.800. The number of rotatable bonds is 6. The number of carboxylic acid groups (broad SMARTS) is 1. The number of benzene rings is 1. The minimum absolute atomic E-state index is 0.280. The molecule has 0 saturated carbocycles. The summed E-state index contributed by atoms with van der Waals surface area (Å²) in [6, 6.07) is 9.22. The van der Waals surface area contributed by atoms with E-state index < -0.39 is 12.0 Å². The van der Waals surface area contributed by atoms with E-state index in [0.717, 1.165) is 16.5 Å². The predicted octanol–water partition coefficient (Wildman–Crippen LogP) is 2.39. The van der Waals surface area contributed by atoms with Crippen molar-refractivity contribution in [3.63, 3.8) is 0 Å². The number of carboxylic acids is 1. The molecule has 0 aliphatic carbocycles. The molecule has 1 heterocycles. The second-order valence-electron chi connectivity index (χ2n) is 3.98. The van der Waals surface area contributed by atoms with Crippen LogP contribution in [-0.2, 0) is 17.0 Å². The molecule has 1 atom stereocenters. The van der Waals surface area contributed by atoms with Crippen molar-refractivity contribution >= 4 is 29.1 Å². The number of hydrogen-bond donors (Lipinski definition) is 2. The van der Waals surface area contributed by atoms with Crippen LogP contribution >= 0.6 is 23.1 Å². The van der Waals surface area contributed by atoms with Crippen molar-refractivity contribution < 1.29 is 9.90 Å². The lowest BCUT2D eigenvalue weighted by molar-refractivity contribution is -0.138. The second kappa shape index (κ2) is 6.70. The highest BCUT2D eigenvalue weighted by Crippen LogP contribution is 2.24. The molecule has 0 spiro atoms. The van der Waals surface area contributed by atoms with Crippen LogP contribution in [0.1, 0.15) is 10.7 Å². The molecular weight excluding hydrogens is 280 g/mol. The molecule has 0 bridgehead atoms. The van der Waals surface area contributed by atoms with E-state index in [1.165, 1.54) is 4.90 Å². The van der Waals surface area contributed by atoms with E-state index in [-0.39, 0.29) is 6.42 Å². The molecule has 6 heteroatoms. The van der Waals surface area contributed by atoms with Crippen LogP contribution in [0.15, 0.2) is 40.6 Å². The highest BCUT2D eigenvalue weighted by molar-refractivity contribution is 7.98. The van der Waals surface area contributed by atoms with Crippen LogP contribution in [0.2, 0.25) is 0 Å². The molecular formula is C13H14N2O2S2. The summed E-state index contributed by atoms with van der Waals surface area (Å²) in [6.07, 6.45) is 0.280. The highest BCUT2D eigenvalue weighted by Gasteiger charge is 2.14. The van der Waals surface area contributed by atoms with E-state index in [9.17, 15) is 4.79 Å². The smallest absolute Gasteiger partial charge is 0.320 e. The van der Waals surface area contributed by atoms with Crippen LogP contribution in [-0.4, -0.2) is 22.1 Å². The molecule has 0 aliphatic heterocycles. The summed E-state index contributed by atoms with van der Waals surface area (Å²) in [5.74, 6) is -0.204. The largest absolute Gasteiger partial charge is 0.480 e. The number of thiazole rings is 1. The number of thioether (sulfide) groups is 1. The standard InChI is InChI=1S/C13H14N2O2S2/c14-11(13(16)17)6-9-7-19-12(15-9)8-18-10-4-2-1-3-5-10/h1-5,7,11H,6,8,14H2,(H,16,17). The molecule has 2 rings (SSSR count). The number of aliphatic carboxylic acids is 1. The summed E-state index contributed by atoms with van der Waals surface area (Å²) in [7, 11) is 0. The van der Waals surface area contributed by atoms with Crippen LogP contribution in [0.3, 0.4) is 0 Å². The fourth-order valence-corrected chi connectivity index (χ4v) is 3.23. The lowest BCUT2D eigenvalue weighted by Crippen LogP contribution is -2.32. The van der Waals surface area contributed by atoms with Crippen molar-refractivity contribution in [3.8, 4) is 0 Å². The number of nitrogens with two attached hydrogens (primary N) is 1. The number of hydrogen-bond acceptors (Lipinski definition) is 5. The SMILES string of the molecule is NC(Cc1csc(CSc2ccccc2)n1)C(=O)O. The molecule has 3 N–H and O–H groups in total. The Morgan fingerprint density at radius 2 is 2.16 bits per heavy atom. The summed E-state index contributed by atoms with van der Waals surface area (Å²) >= 11 is 3.25. The normalized spacial score (nSPS) is 12.3. The summed E-state index contributed by atoms with van der Waals surface area (Å²) < 4.78 is 0. The maximum atomic E-state index is 10.7. The average Bonchev–Trinajstić information content (AvgIpc) is 2.85. The van der Waals surface area contributed by atoms with E-state index in [4.69, 9.17) is 10.8 Å². The lowest BCUT2D eigenvalue weighted by Gasteiger charge is -2.02. The van der Waals surface area contributed by atoms with Crippen LogP contribution in [0.5, 0.6) is 0 Å². The Bertz CT molecular complexity index is 543. The van der Waals surface area contributed by atoms with E-state index in [1.54, 1.807) is 23.1 Å². The third kappa shape index (κ3) is 4.34. The number of aromatic nitrogens is 1. The van der Waals surface area contributed by atoms with Gasteiger partial charge in [-0.15, -0.1) is 23.1 Å². The van der Waals surface area contributed by atoms with Crippen molar-refractivity contribution in [3.05, 3.63) is 46.4 Å². The van der Waals surface area contributed by atoms with Crippen molar-refractivity contribution in [2.75, 3.05) is 0 Å². The third-order valence-corrected chi connectivity index (χ3v) is 4.55. The second-order valence-corrected chi connectivity index (χ2v) is 5.97. The molecule has 4 nitrogen and oxygen atoms in total. The Labute approximate surface area is 119 Å². The Morgan fingerprint density at radius 1 is 1.42 bits per heavy atom. The topological polar surface area (TPSA) is 76.2 Å². The summed E-state index contributed by atoms with van der Waals surface area (Å²) in [6.45, 7) is 0. The summed E-state index contributed by atoms with van der Waals surface area (Å²) in [4.78, 5) is 16.3. The fraction of sp³-hybridized carbons (Fsp3) is 0.231. The van der Waals surface area contributed by atoms with Crippen LogP contribution in [0.25, 0.3) is 0 Å². The van der Waals surface area contributed by atoms with E-state index >= 15 is 0 Å². The van der Waals surface area contributed by atoms with Gasteiger partial charge in [0.15, 0.2) is 0 Å². The van der Waals surface area contributed by atoms with Gasteiger partial charge in [-0.3, -0.25) is 4.79 Å². The fourth-order valence-electron chi connectivity index (χ4n) is 1.48. The molecule has 1 unspecified atom stereocenters. The molecule has 0 radical (unpaired) electrons. The Hall–Kier alpha value is -1.37. The van der Waals surface area contributed by atoms with E-state index in [2.05, 4.69) is 17.1 Å². The molecule has 0 fully saturated rings. The van der Waals surface area contributed by atoms with Gasteiger partial charge in [-0.05, 0) is 12.1 Å². The zero-order valence-electron chi connectivity index (χ0n) is 10.2. The Morgan fingerprint density at radius 3 is 2.84 bits per heavy atom. The van der Waals surface area contributed by atoms with Crippen molar-refractivity contribution in [1.82, 2.24) is 4.98 Å². The van der Waals surface area contributed by atoms with Gasteiger partial charge in [0.05, 0.1) is 11.4 Å². The van der Waals surface area contributed by atoms with Crippen molar-refractivity contribution in [2.24, 2.45) is 5.73 Å². The number of nitrogens with zero attached hydrogens (tertiary/aromatic N) is 1. The van der Waals surface area contributed by atoms with Crippen molar-refractivity contribution in [1.29, 1.82) is 0 Å². The van der Waals surface area contributed by atoms with Gasteiger partial charge in [-0.2, -0.15) is 0 Å². The average molecular weight is 294 g/mol. The minimum atomic E-state index is -0.992. The molecule has 19 heavy (non-hydrogen) atoms. The number of carbonyl (C=O) groups is 1. The van der Waals surface area contributed by atoms with Gasteiger partial charge in [0.1, 0.15) is 11.0 Å². The van der Waals surface area contributed by atoms with Gasteiger partial charge in [0.25, 0.3) is 0 Å². The molecule has 0 amide bonds. The van der Waals surface area contributed by atoms with Gasteiger partial charge < -0.3 is 10.8 Å². The van der Waals surface area contributed by atoms with Gasteiger partial charge >= 0.3 is 5.97 Å². The molecule has 100 valence electrons. The summed E-state index contributed by atoms with van der Waals surface area (Å²) in [5.41, 5.74) is 6.24. The van der Waals surface area contributed by atoms with Gasteiger partial charge in [0, 0.05) is 16.7 Å². The first-order chi connectivity index (χ1) is 9.15. The highest BCUT2D eigenvalue weighted by atomic mass is 32.2. The Balaban J connectivity index is 1.89. The first-order valence-electron chi connectivity index (χ1n) is 5.74. The zero-order chi connectivity index (χ0) is 13.7. The van der Waals surface area contributed by atoms with E-state index in [1.807, 2.05) is 23.6 Å². The maximum Gasteiger partial charge on any atom is 0.320 e. The predicted molar refractivity (Wildman–Crippen MR) is 77.4 cm³/mol. The Kier molecular flexibility index (Phi) is 4.95. The van der Waals surface area contributed by atoms with Crippen LogP contribution < -0.4 is 5.73 Å². The summed E-state index contributed by atoms with van der Waals surface area (Å²) in [5, 5.41) is 11.6. The molecule has 2 aromatic rings. The van der Waals surface area contributed by atoms with Gasteiger partial charge in [-0.25, -0.2) is 4.98 Å². The van der Waals surface area contributed by atoms with Crippen molar-refractivity contribution in [2.45, 2.75) is 23.1 Å². The molecule has 0 saturated heterocycles. The lowest BCUT2D eigenvalue weighted by atomic mass is 10.2. The molecule has 0 aliphatic rings. The zero-order valence-corrected chi connectivity index (χ0v) is 11.8.